The smallest absolute Gasteiger partial charge is 0.314 e. The van der Waals surface area contributed by atoms with Crippen molar-refractivity contribution in [3.8, 4) is 5.69 Å². The third-order valence-corrected chi connectivity index (χ3v) is 6.84. The van der Waals surface area contributed by atoms with Gasteiger partial charge < -0.3 is 10.2 Å². The number of hydrogen-bond donors (Lipinski definition) is 1. The number of halogens is 2. The van der Waals surface area contributed by atoms with Crippen LogP contribution in [0.3, 0.4) is 0 Å². The lowest BCUT2D eigenvalue weighted by Crippen LogP contribution is -2.41. The van der Waals surface area contributed by atoms with E-state index < -0.39 is 23.7 Å². The summed E-state index contributed by atoms with van der Waals surface area (Å²) in [6.07, 6.45) is 4.15. The molecule has 0 saturated heterocycles. The van der Waals surface area contributed by atoms with Crippen LogP contribution in [0.25, 0.3) is 16.6 Å². The van der Waals surface area contributed by atoms with Crippen LogP contribution in [0.15, 0.2) is 71.5 Å². The van der Waals surface area contributed by atoms with Crippen LogP contribution in [0.5, 0.6) is 0 Å². The maximum absolute atomic E-state index is 14.4. The second-order valence-corrected chi connectivity index (χ2v) is 9.70. The van der Waals surface area contributed by atoms with Gasteiger partial charge in [-0.2, -0.15) is 0 Å². The van der Waals surface area contributed by atoms with Gasteiger partial charge in [0.05, 0.1) is 28.3 Å². The third-order valence-electron chi connectivity index (χ3n) is 6.84. The van der Waals surface area contributed by atoms with E-state index in [9.17, 15) is 18.4 Å². The average molecular weight is 533 g/mol. The zero-order valence-corrected chi connectivity index (χ0v) is 22.6. The minimum Gasteiger partial charge on any atom is -0.314 e. The van der Waals surface area contributed by atoms with Gasteiger partial charge in [0.2, 0.25) is 0 Å². The van der Waals surface area contributed by atoms with Crippen LogP contribution < -0.4 is 10.9 Å². The Hall–Kier alpha value is -4.07. The normalized spacial score (nSPS) is 11.9. The molecule has 0 radical (unpaired) electrons. The number of nitrogens with zero attached hydrogens (tertiary/aromatic N) is 3. The molecule has 1 atom stereocenters. The summed E-state index contributed by atoms with van der Waals surface area (Å²) in [7, 11) is 0. The molecule has 39 heavy (non-hydrogen) atoms. The van der Waals surface area contributed by atoms with Crippen molar-refractivity contribution >= 4 is 22.6 Å². The molecule has 1 unspecified atom stereocenters. The molecular formula is C31H34F2N4O2. The molecule has 2 amide bonds. The minimum atomic E-state index is -0.859. The fourth-order valence-electron chi connectivity index (χ4n) is 4.74. The minimum absolute atomic E-state index is 0.114. The van der Waals surface area contributed by atoms with E-state index in [1.165, 1.54) is 6.07 Å². The van der Waals surface area contributed by atoms with Gasteiger partial charge in [-0.1, -0.05) is 62.9 Å². The van der Waals surface area contributed by atoms with Gasteiger partial charge in [-0.05, 0) is 56.2 Å². The Bertz CT molecular complexity index is 1500. The lowest BCUT2D eigenvalue weighted by Gasteiger charge is -2.32. The molecule has 1 N–H and O–H groups in total. The van der Waals surface area contributed by atoms with Crippen molar-refractivity contribution in [3.63, 3.8) is 0 Å². The van der Waals surface area contributed by atoms with E-state index >= 15 is 0 Å². The highest BCUT2D eigenvalue weighted by Crippen LogP contribution is 2.28. The zero-order chi connectivity index (χ0) is 27.9. The van der Waals surface area contributed by atoms with Crippen molar-refractivity contribution in [2.75, 3.05) is 11.9 Å². The lowest BCUT2D eigenvalue weighted by molar-refractivity contribution is 0.179. The van der Waals surface area contributed by atoms with Gasteiger partial charge in [0.1, 0.15) is 17.5 Å². The van der Waals surface area contributed by atoms with E-state index in [0.717, 1.165) is 43.4 Å². The first-order chi connectivity index (χ1) is 18.8. The van der Waals surface area contributed by atoms with Gasteiger partial charge in [0.25, 0.3) is 5.56 Å². The Balaban J connectivity index is 1.83. The van der Waals surface area contributed by atoms with Gasteiger partial charge in [0.15, 0.2) is 0 Å². The average Bonchev–Trinajstić information content (AvgIpc) is 2.93. The second kappa shape index (κ2) is 12.7. The van der Waals surface area contributed by atoms with Gasteiger partial charge >= 0.3 is 6.03 Å². The summed E-state index contributed by atoms with van der Waals surface area (Å²) in [4.78, 5) is 34.0. The molecule has 4 rings (SSSR count). The van der Waals surface area contributed by atoms with Crippen molar-refractivity contribution in [1.29, 1.82) is 0 Å². The van der Waals surface area contributed by atoms with Crippen LogP contribution in [0.4, 0.5) is 19.3 Å². The van der Waals surface area contributed by atoms with Crippen molar-refractivity contribution in [1.82, 2.24) is 14.5 Å². The second-order valence-electron chi connectivity index (χ2n) is 9.70. The van der Waals surface area contributed by atoms with E-state index in [0.29, 0.717) is 35.4 Å². The number of anilines is 1. The van der Waals surface area contributed by atoms with Gasteiger partial charge in [-0.15, -0.1) is 0 Å². The first-order valence-corrected chi connectivity index (χ1v) is 13.5. The van der Waals surface area contributed by atoms with E-state index in [-0.39, 0.29) is 11.2 Å². The Morgan fingerprint density at radius 2 is 1.74 bits per heavy atom. The molecule has 8 heteroatoms. The number of carbonyl (C=O) groups is 1. The molecule has 1 aromatic heterocycles. The van der Waals surface area contributed by atoms with Crippen LogP contribution in [-0.4, -0.2) is 27.0 Å². The lowest BCUT2D eigenvalue weighted by atomic mass is 10.1. The predicted molar refractivity (Wildman–Crippen MR) is 151 cm³/mol. The molecule has 0 aliphatic carbocycles. The number of para-hydroxylation sites is 1. The number of unbranched alkanes of at least 4 members (excludes halogenated alkanes) is 3. The van der Waals surface area contributed by atoms with Crippen LogP contribution >= 0.6 is 0 Å². The number of aromatic nitrogens is 2. The number of rotatable bonds is 10. The summed E-state index contributed by atoms with van der Waals surface area (Å²) in [5.41, 5.74) is 1.89. The highest BCUT2D eigenvalue weighted by atomic mass is 19.1. The first kappa shape index (κ1) is 28.0. The fraction of sp³-hybridized carbons (Fsp3) is 0.323. The molecule has 3 aromatic carbocycles. The quantitative estimate of drug-likeness (QED) is 0.215. The SMILES string of the molecule is CCCCCCN(C(=O)Nc1ccc(F)cc1F)C(CC)c1nc2ccccc2c(=O)n1-c1ccc(C)cc1. The highest BCUT2D eigenvalue weighted by Gasteiger charge is 2.29. The van der Waals surface area contributed by atoms with Crippen molar-refractivity contribution in [3.05, 3.63) is 100 Å². The third kappa shape index (κ3) is 6.33. The number of amides is 2. The topological polar surface area (TPSA) is 67.2 Å². The van der Waals surface area contributed by atoms with Crippen LogP contribution in [-0.2, 0) is 0 Å². The zero-order valence-electron chi connectivity index (χ0n) is 22.6. The van der Waals surface area contributed by atoms with E-state index in [1.54, 1.807) is 27.7 Å². The molecular weight excluding hydrogens is 498 g/mol. The van der Waals surface area contributed by atoms with Gasteiger partial charge in [0, 0.05) is 12.6 Å². The molecule has 0 aliphatic rings. The highest BCUT2D eigenvalue weighted by molar-refractivity contribution is 5.89. The van der Waals surface area contributed by atoms with Gasteiger partial charge in [-0.3, -0.25) is 9.36 Å². The summed E-state index contributed by atoms with van der Waals surface area (Å²) < 4.78 is 29.5. The Kier molecular flexibility index (Phi) is 9.07. The molecule has 0 fully saturated rings. The number of hydrogen-bond acceptors (Lipinski definition) is 3. The summed E-state index contributed by atoms with van der Waals surface area (Å²) in [5, 5.41) is 3.09. The number of benzene rings is 3. The van der Waals surface area contributed by atoms with Crippen molar-refractivity contribution < 1.29 is 13.6 Å². The summed E-state index contributed by atoms with van der Waals surface area (Å²) >= 11 is 0. The molecule has 4 aromatic rings. The standard InChI is InChI=1S/C31H34F2N4O2/c1-4-6-7-10-19-36(31(39)35-27-18-15-22(32)20-25(27)33)28(5-2)29-34-26-12-9-8-11-24(26)30(38)37(29)23-16-13-21(3)14-17-23/h8-9,11-18,20,28H,4-7,10,19H2,1-3H3,(H,35,39). The van der Waals surface area contributed by atoms with Crippen LogP contribution in [0.2, 0.25) is 0 Å². The first-order valence-electron chi connectivity index (χ1n) is 13.5. The van der Waals surface area contributed by atoms with E-state index in [1.807, 2.05) is 44.2 Å². The molecule has 1 heterocycles. The Labute approximate surface area is 227 Å². The molecule has 6 nitrogen and oxygen atoms in total. The van der Waals surface area contributed by atoms with Gasteiger partial charge in [-0.25, -0.2) is 18.6 Å². The predicted octanol–water partition coefficient (Wildman–Crippen LogP) is 7.54. The van der Waals surface area contributed by atoms with E-state index in [4.69, 9.17) is 4.98 Å². The number of carbonyl (C=O) groups excluding carboxylic acids is 1. The fourth-order valence-corrected chi connectivity index (χ4v) is 4.74. The van der Waals surface area contributed by atoms with Crippen LogP contribution in [0.1, 0.15) is 63.4 Å². The maximum Gasteiger partial charge on any atom is 0.322 e. The molecule has 0 aliphatic heterocycles. The molecule has 0 saturated carbocycles. The van der Waals surface area contributed by atoms with Crippen molar-refractivity contribution in [2.45, 2.75) is 58.9 Å². The number of fused-ring (bicyclic) bond motifs is 1. The summed E-state index contributed by atoms with van der Waals surface area (Å²) in [6.45, 7) is 6.38. The molecule has 204 valence electrons. The molecule has 0 bridgehead atoms. The van der Waals surface area contributed by atoms with Crippen LogP contribution in [0, 0.1) is 18.6 Å². The Morgan fingerprint density at radius 1 is 1.00 bits per heavy atom. The monoisotopic (exact) mass is 532 g/mol. The number of aryl methyl sites for hydroxylation is 1. The largest absolute Gasteiger partial charge is 0.322 e. The number of urea groups is 1. The van der Waals surface area contributed by atoms with Crippen molar-refractivity contribution in [2.24, 2.45) is 0 Å². The maximum atomic E-state index is 14.4. The van der Waals surface area contributed by atoms with E-state index in [2.05, 4.69) is 12.2 Å². The molecule has 0 spiro atoms. The summed E-state index contributed by atoms with van der Waals surface area (Å²) in [5.74, 6) is -1.16. The Morgan fingerprint density at radius 3 is 2.44 bits per heavy atom. The summed E-state index contributed by atoms with van der Waals surface area (Å²) in [6, 6.07) is 16.6. The number of nitrogens with one attached hydrogen (secondary N) is 1.